The summed E-state index contributed by atoms with van der Waals surface area (Å²) in [4.78, 5) is 29.0. The third-order valence-electron chi connectivity index (χ3n) is 2.62. The number of amides is 2. The number of rotatable bonds is 5. The van der Waals surface area contributed by atoms with Gasteiger partial charge in [-0.05, 0) is 12.8 Å². The lowest BCUT2D eigenvalue weighted by Crippen LogP contribution is -2.39. The molecule has 1 heterocycles. The van der Waals surface area contributed by atoms with E-state index in [0.29, 0.717) is 23.3 Å². The zero-order valence-corrected chi connectivity index (χ0v) is 11.0. The van der Waals surface area contributed by atoms with Crippen molar-refractivity contribution in [2.24, 2.45) is 5.73 Å². The molecule has 0 saturated heterocycles. The lowest BCUT2D eigenvalue weighted by molar-refractivity contribution is -0.121. The Labute approximate surface area is 109 Å². The Kier molecular flexibility index (Phi) is 3.93. The van der Waals surface area contributed by atoms with Crippen LogP contribution in [-0.4, -0.2) is 41.3 Å². The summed E-state index contributed by atoms with van der Waals surface area (Å²) in [7, 11) is 1.59. The Balaban J connectivity index is 1.88. The fraction of sp³-hybridized carbons (Fsp3) is 0.545. The first-order chi connectivity index (χ1) is 8.60. The average Bonchev–Trinajstić information content (AvgIpc) is 3.02. The molecular formula is C11H16N4O2S. The van der Waals surface area contributed by atoms with Crippen molar-refractivity contribution < 1.29 is 9.59 Å². The quantitative estimate of drug-likeness (QED) is 0.784. The Hall–Kier alpha value is -1.47. The number of likely N-dealkylation sites (N-methyl/N-ethyl adjacent to an activating group) is 1. The van der Waals surface area contributed by atoms with Gasteiger partial charge in [-0.1, -0.05) is 0 Å². The van der Waals surface area contributed by atoms with Crippen LogP contribution < -0.4 is 11.1 Å². The molecule has 98 valence electrons. The second kappa shape index (κ2) is 5.45. The molecule has 0 spiro atoms. The molecule has 0 aliphatic heterocycles. The van der Waals surface area contributed by atoms with Crippen LogP contribution in [0.25, 0.3) is 0 Å². The zero-order valence-electron chi connectivity index (χ0n) is 10.2. The Morgan fingerprint density at radius 2 is 2.33 bits per heavy atom. The van der Waals surface area contributed by atoms with Crippen molar-refractivity contribution in [2.75, 3.05) is 13.6 Å². The third-order valence-corrected chi connectivity index (χ3v) is 3.49. The summed E-state index contributed by atoms with van der Waals surface area (Å²) in [5, 5.41) is 5.22. The fourth-order valence-corrected chi connectivity index (χ4v) is 2.14. The van der Waals surface area contributed by atoms with Crippen LogP contribution in [-0.2, 0) is 11.3 Å². The van der Waals surface area contributed by atoms with E-state index in [2.05, 4.69) is 10.3 Å². The van der Waals surface area contributed by atoms with E-state index < -0.39 is 0 Å². The maximum atomic E-state index is 12.0. The molecule has 6 nitrogen and oxygen atoms in total. The van der Waals surface area contributed by atoms with Gasteiger partial charge in [0.1, 0.15) is 10.7 Å². The molecule has 0 atom stereocenters. The summed E-state index contributed by atoms with van der Waals surface area (Å²) in [6.45, 7) is 0.384. The molecule has 0 unspecified atom stereocenters. The lowest BCUT2D eigenvalue weighted by atomic mass is 10.4. The molecular weight excluding hydrogens is 252 g/mol. The highest BCUT2D eigenvalue weighted by Gasteiger charge is 2.25. The number of thiazole rings is 1. The van der Waals surface area contributed by atoms with E-state index in [-0.39, 0.29) is 18.4 Å². The predicted molar refractivity (Wildman–Crippen MR) is 68.1 cm³/mol. The molecule has 0 aromatic carbocycles. The highest BCUT2D eigenvalue weighted by Crippen LogP contribution is 2.18. The van der Waals surface area contributed by atoms with Crippen molar-refractivity contribution in [3.63, 3.8) is 0 Å². The number of nitrogens with zero attached hydrogens (tertiary/aromatic N) is 2. The van der Waals surface area contributed by atoms with Gasteiger partial charge < -0.3 is 16.0 Å². The van der Waals surface area contributed by atoms with Gasteiger partial charge in [0, 0.05) is 25.0 Å². The number of nitrogens with two attached hydrogens (primary N) is 1. The highest BCUT2D eigenvalue weighted by atomic mass is 32.1. The van der Waals surface area contributed by atoms with Gasteiger partial charge in [-0.3, -0.25) is 9.59 Å². The Morgan fingerprint density at radius 1 is 1.61 bits per heavy atom. The number of aromatic nitrogens is 1. The number of nitrogens with one attached hydrogen (secondary N) is 1. The van der Waals surface area contributed by atoms with Crippen molar-refractivity contribution in [2.45, 2.75) is 25.4 Å². The second-order valence-corrected chi connectivity index (χ2v) is 5.28. The molecule has 2 rings (SSSR count). The third kappa shape index (κ3) is 3.27. The maximum absolute atomic E-state index is 12.0. The van der Waals surface area contributed by atoms with E-state index >= 15 is 0 Å². The van der Waals surface area contributed by atoms with Crippen LogP contribution in [0.2, 0.25) is 0 Å². The van der Waals surface area contributed by atoms with Crippen LogP contribution in [0.1, 0.15) is 28.3 Å². The van der Waals surface area contributed by atoms with E-state index in [4.69, 9.17) is 5.73 Å². The van der Waals surface area contributed by atoms with Crippen LogP contribution in [0.4, 0.5) is 0 Å². The van der Waals surface area contributed by atoms with E-state index in [1.54, 1.807) is 12.4 Å². The first kappa shape index (κ1) is 13.0. The van der Waals surface area contributed by atoms with Gasteiger partial charge in [0.2, 0.25) is 5.91 Å². The topological polar surface area (TPSA) is 88.3 Å². The molecule has 1 aromatic heterocycles. The minimum atomic E-state index is -0.253. The van der Waals surface area contributed by atoms with Gasteiger partial charge in [-0.15, -0.1) is 11.3 Å². The number of carbonyl (C=O) groups excluding carboxylic acids is 2. The standard InChI is InChI=1S/C11H16N4O2S/c1-15(5-9(16)13-7-2-3-7)11(17)8-6-18-10(4-12)14-8/h6-7H,2-5,12H2,1H3,(H,13,16). The molecule has 1 aromatic rings. The van der Waals surface area contributed by atoms with Crippen LogP contribution in [0.5, 0.6) is 0 Å². The predicted octanol–water partition coefficient (Wildman–Crippen LogP) is -0.0476. The van der Waals surface area contributed by atoms with Gasteiger partial charge in [-0.2, -0.15) is 0 Å². The Morgan fingerprint density at radius 3 is 2.89 bits per heavy atom. The first-order valence-corrected chi connectivity index (χ1v) is 6.67. The first-order valence-electron chi connectivity index (χ1n) is 5.79. The number of carbonyl (C=O) groups is 2. The second-order valence-electron chi connectivity index (χ2n) is 4.33. The van der Waals surface area contributed by atoms with Crippen molar-refractivity contribution in [1.29, 1.82) is 0 Å². The molecule has 7 heteroatoms. The summed E-state index contributed by atoms with van der Waals surface area (Å²) < 4.78 is 0. The molecule has 3 N–H and O–H groups in total. The largest absolute Gasteiger partial charge is 0.352 e. The normalized spacial score (nSPS) is 14.3. The van der Waals surface area contributed by atoms with Crippen LogP contribution in [0.15, 0.2) is 5.38 Å². The molecule has 1 aliphatic rings. The molecule has 1 fully saturated rings. The van der Waals surface area contributed by atoms with Crippen LogP contribution in [0.3, 0.4) is 0 Å². The minimum absolute atomic E-state index is 0.0603. The van der Waals surface area contributed by atoms with E-state index in [1.165, 1.54) is 16.2 Å². The molecule has 0 bridgehead atoms. The van der Waals surface area contributed by atoms with Gasteiger partial charge >= 0.3 is 0 Å². The average molecular weight is 268 g/mol. The lowest BCUT2D eigenvalue weighted by Gasteiger charge is -2.15. The number of hydrogen-bond acceptors (Lipinski definition) is 5. The minimum Gasteiger partial charge on any atom is -0.352 e. The van der Waals surface area contributed by atoms with E-state index in [1.807, 2.05) is 0 Å². The van der Waals surface area contributed by atoms with Crippen LogP contribution >= 0.6 is 11.3 Å². The summed E-state index contributed by atoms with van der Waals surface area (Å²) in [6, 6.07) is 0.309. The van der Waals surface area contributed by atoms with Gasteiger partial charge in [0.25, 0.3) is 5.91 Å². The van der Waals surface area contributed by atoms with Gasteiger partial charge in [0.05, 0.1) is 6.54 Å². The Bertz CT molecular complexity index is 456. The van der Waals surface area contributed by atoms with Crippen LogP contribution in [0, 0.1) is 0 Å². The summed E-state index contributed by atoms with van der Waals surface area (Å²) in [5.41, 5.74) is 5.79. The molecule has 1 saturated carbocycles. The van der Waals surface area contributed by atoms with Crippen molar-refractivity contribution in [3.8, 4) is 0 Å². The monoisotopic (exact) mass is 268 g/mol. The van der Waals surface area contributed by atoms with Crippen molar-refractivity contribution in [3.05, 3.63) is 16.1 Å². The smallest absolute Gasteiger partial charge is 0.273 e. The van der Waals surface area contributed by atoms with Crippen molar-refractivity contribution >= 4 is 23.2 Å². The maximum Gasteiger partial charge on any atom is 0.273 e. The number of hydrogen-bond donors (Lipinski definition) is 2. The summed E-state index contributed by atoms with van der Waals surface area (Å²) >= 11 is 1.35. The molecule has 1 aliphatic carbocycles. The SMILES string of the molecule is CN(CC(=O)NC1CC1)C(=O)c1csc(CN)n1. The summed E-state index contributed by atoms with van der Waals surface area (Å²) in [5.74, 6) is -0.375. The van der Waals surface area contributed by atoms with Gasteiger partial charge in [0.15, 0.2) is 0 Å². The highest BCUT2D eigenvalue weighted by molar-refractivity contribution is 7.09. The molecule has 0 radical (unpaired) electrons. The fourth-order valence-electron chi connectivity index (χ4n) is 1.49. The van der Waals surface area contributed by atoms with Gasteiger partial charge in [-0.25, -0.2) is 4.98 Å². The summed E-state index contributed by atoms with van der Waals surface area (Å²) in [6.07, 6.45) is 2.07. The van der Waals surface area contributed by atoms with E-state index in [0.717, 1.165) is 12.8 Å². The van der Waals surface area contributed by atoms with Crippen molar-refractivity contribution in [1.82, 2.24) is 15.2 Å². The van der Waals surface area contributed by atoms with E-state index in [9.17, 15) is 9.59 Å². The molecule has 2 amide bonds. The molecule has 18 heavy (non-hydrogen) atoms. The zero-order chi connectivity index (χ0) is 13.1.